The van der Waals surface area contributed by atoms with Gasteiger partial charge in [0.05, 0.1) is 0 Å². The second kappa shape index (κ2) is 2.87. The van der Waals surface area contributed by atoms with Crippen LogP contribution < -0.4 is 0 Å². The van der Waals surface area contributed by atoms with Crippen molar-refractivity contribution in [3.63, 3.8) is 0 Å². The van der Waals surface area contributed by atoms with Crippen molar-refractivity contribution in [3.05, 3.63) is 35.5 Å². The molecule has 0 heteroatoms. The number of hydrogen-bond acceptors (Lipinski definition) is 0. The molecule has 0 bridgehead atoms. The fourth-order valence-corrected chi connectivity index (χ4v) is 3.71. The van der Waals surface area contributed by atoms with Crippen molar-refractivity contribution in [2.75, 3.05) is 0 Å². The molecule has 3 rings (SSSR count). The molecule has 15 heavy (non-hydrogen) atoms. The van der Waals surface area contributed by atoms with Crippen LogP contribution in [0.15, 0.2) is 35.5 Å². The summed E-state index contributed by atoms with van der Waals surface area (Å²) in [5, 5.41) is 0. The van der Waals surface area contributed by atoms with Gasteiger partial charge >= 0.3 is 0 Å². The second-order valence-corrected chi connectivity index (χ2v) is 5.78. The topological polar surface area (TPSA) is 0 Å². The molecule has 2 fully saturated rings. The Labute approximate surface area is 92.8 Å². The van der Waals surface area contributed by atoms with Gasteiger partial charge in [-0.15, -0.1) is 0 Å². The lowest BCUT2D eigenvalue weighted by atomic mass is 9.35. The van der Waals surface area contributed by atoms with E-state index >= 15 is 0 Å². The van der Waals surface area contributed by atoms with Crippen LogP contribution in [0.4, 0.5) is 0 Å². The zero-order valence-electron chi connectivity index (χ0n) is 9.84. The molecule has 3 aliphatic carbocycles. The van der Waals surface area contributed by atoms with Crippen molar-refractivity contribution in [1.82, 2.24) is 0 Å². The van der Waals surface area contributed by atoms with Gasteiger partial charge in [-0.3, -0.25) is 0 Å². The number of hydrogen-bond donors (Lipinski definition) is 0. The highest BCUT2D eigenvalue weighted by atomic mass is 14.7. The minimum absolute atomic E-state index is 0.457. The van der Waals surface area contributed by atoms with E-state index in [1.54, 1.807) is 11.1 Å². The first-order valence-electron chi connectivity index (χ1n) is 6.21. The van der Waals surface area contributed by atoms with Crippen LogP contribution in [0.3, 0.4) is 0 Å². The lowest BCUT2D eigenvalue weighted by Gasteiger charge is -2.69. The van der Waals surface area contributed by atoms with Gasteiger partial charge in [0.1, 0.15) is 0 Å². The van der Waals surface area contributed by atoms with Crippen LogP contribution in [0.1, 0.15) is 46.0 Å². The van der Waals surface area contributed by atoms with Crippen molar-refractivity contribution in [2.45, 2.75) is 46.0 Å². The maximum absolute atomic E-state index is 2.50. The molecule has 2 saturated carbocycles. The van der Waals surface area contributed by atoms with Crippen molar-refractivity contribution in [3.8, 4) is 0 Å². The molecule has 3 aliphatic rings. The van der Waals surface area contributed by atoms with Crippen molar-refractivity contribution in [2.24, 2.45) is 10.8 Å². The minimum atomic E-state index is 0.457. The molecule has 0 aromatic rings. The third kappa shape index (κ3) is 1.03. The summed E-state index contributed by atoms with van der Waals surface area (Å²) in [7, 11) is 0. The van der Waals surface area contributed by atoms with E-state index < -0.39 is 0 Å². The highest BCUT2D eigenvalue weighted by Gasteiger charge is 2.65. The number of rotatable bonds is 0. The van der Waals surface area contributed by atoms with E-state index in [1.807, 2.05) is 0 Å². The smallest absolute Gasteiger partial charge is 0.0152 e. The maximum atomic E-state index is 2.50. The van der Waals surface area contributed by atoms with Crippen LogP contribution in [0.5, 0.6) is 0 Å². The molecule has 0 heterocycles. The van der Waals surface area contributed by atoms with Gasteiger partial charge in [-0.05, 0) is 37.5 Å². The first-order valence-corrected chi connectivity index (χ1v) is 6.21. The van der Waals surface area contributed by atoms with Crippen LogP contribution in [0, 0.1) is 10.8 Å². The molecule has 0 aromatic carbocycles. The third-order valence-corrected chi connectivity index (χ3v) is 5.04. The standard InChI is InChI=1S/C15H20/c1-14-10-12-8-6-4-3-5-7-9-13(11-14)15(12,14)2/h3-4,8-9H,5-7,10-11H2,1-2H3/b4-3-,12-8+,13-9+. The molecular weight excluding hydrogens is 180 g/mol. The molecule has 0 saturated heterocycles. The summed E-state index contributed by atoms with van der Waals surface area (Å²) < 4.78 is 0. The Morgan fingerprint density at radius 3 is 2.40 bits per heavy atom. The summed E-state index contributed by atoms with van der Waals surface area (Å²) in [6, 6.07) is 0. The van der Waals surface area contributed by atoms with Crippen molar-refractivity contribution < 1.29 is 0 Å². The Bertz CT molecular complexity index is 383. The molecule has 2 atom stereocenters. The predicted molar refractivity (Wildman–Crippen MR) is 64.6 cm³/mol. The van der Waals surface area contributed by atoms with E-state index in [2.05, 4.69) is 38.2 Å². The summed E-state index contributed by atoms with van der Waals surface area (Å²) in [4.78, 5) is 0. The highest BCUT2D eigenvalue weighted by Crippen LogP contribution is 2.75. The molecule has 80 valence electrons. The number of allylic oxidation sites excluding steroid dienone is 6. The summed E-state index contributed by atoms with van der Waals surface area (Å²) >= 11 is 0. The average Bonchev–Trinajstić information content (AvgIpc) is 2.22. The highest BCUT2D eigenvalue weighted by molar-refractivity contribution is 5.50. The van der Waals surface area contributed by atoms with E-state index in [0.717, 1.165) is 6.42 Å². The van der Waals surface area contributed by atoms with E-state index in [4.69, 9.17) is 0 Å². The van der Waals surface area contributed by atoms with Gasteiger partial charge in [0, 0.05) is 5.41 Å². The van der Waals surface area contributed by atoms with Gasteiger partial charge in [-0.1, -0.05) is 49.3 Å². The largest absolute Gasteiger partial charge is 0.0879 e. The van der Waals surface area contributed by atoms with Crippen LogP contribution in [-0.4, -0.2) is 0 Å². The fraction of sp³-hybridized carbons (Fsp3) is 0.600. The Kier molecular flexibility index (Phi) is 1.81. The summed E-state index contributed by atoms with van der Waals surface area (Å²) in [5.41, 5.74) is 4.48. The molecule has 2 unspecified atom stereocenters. The zero-order valence-corrected chi connectivity index (χ0v) is 9.84. The Morgan fingerprint density at radius 1 is 0.933 bits per heavy atom. The maximum Gasteiger partial charge on any atom is 0.0152 e. The zero-order chi connectivity index (χ0) is 10.5. The first-order chi connectivity index (χ1) is 7.17. The molecular formula is C15H20. The van der Waals surface area contributed by atoms with Crippen LogP contribution in [0.25, 0.3) is 0 Å². The molecule has 0 aromatic heterocycles. The second-order valence-electron chi connectivity index (χ2n) is 5.78. The Balaban J connectivity index is 1.98. The Morgan fingerprint density at radius 2 is 1.67 bits per heavy atom. The van der Waals surface area contributed by atoms with Gasteiger partial charge in [0.25, 0.3) is 0 Å². The predicted octanol–water partition coefficient (Wildman–Crippen LogP) is 4.40. The molecule has 0 aliphatic heterocycles. The third-order valence-electron chi connectivity index (χ3n) is 5.04. The van der Waals surface area contributed by atoms with Gasteiger partial charge in [-0.25, -0.2) is 0 Å². The van der Waals surface area contributed by atoms with Crippen molar-refractivity contribution in [1.29, 1.82) is 0 Å². The molecule has 0 radical (unpaired) electrons. The fourth-order valence-electron chi connectivity index (χ4n) is 3.71. The molecule has 0 N–H and O–H groups in total. The monoisotopic (exact) mass is 200 g/mol. The Hall–Kier alpha value is -0.780. The van der Waals surface area contributed by atoms with E-state index in [1.165, 1.54) is 25.7 Å². The van der Waals surface area contributed by atoms with Gasteiger partial charge in [-0.2, -0.15) is 0 Å². The van der Waals surface area contributed by atoms with E-state index in [-0.39, 0.29) is 0 Å². The summed E-state index contributed by atoms with van der Waals surface area (Å²) in [6.45, 7) is 4.92. The van der Waals surface area contributed by atoms with Crippen molar-refractivity contribution >= 4 is 0 Å². The lowest BCUT2D eigenvalue weighted by molar-refractivity contribution is -0.0186. The molecule has 0 amide bonds. The van der Waals surface area contributed by atoms with Crippen LogP contribution in [-0.2, 0) is 0 Å². The van der Waals surface area contributed by atoms with Gasteiger partial charge < -0.3 is 0 Å². The van der Waals surface area contributed by atoms with Gasteiger partial charge in [0.2, 0.25) is 0 Å². The first kappa shape index (κ1) is 9.45. The van der Waals surface area contributed by atoms with E-state index in [9.17, 15) is 0 Å². The van der Waals surface area contributed by atoms with Crippen LogP contribution >= 0.6 is 0 Å². The summed E-state index contributed by atoms with van der Waals surface area (Å²) in [5.74, 6) is 0. The normalized spacial score (nSPS) is 52.1. The minimum Gasteiger partial charge on any atom is -0.0879 e. The van der Waals surface area contributed by atoms with Crippen LogP contribution in [0.2, 0.25) is 0 Å². The quantitative estimate of drug-likeness (QED) is 0.508. The van der Waals surface area contributed by atoms with E-state index in [0.29, 0.717) is 10.8 Å². The SMILES string of the molecule is CC12C/C3=C\C/C=C\CC/C=C(\C1)C32C. The molecule has 0 nitrogen and oxygen atoms in total. The lowest BCUT2D eigenvalue weighted by Crippen LogP contribution is -2.59. The summed E-state index contributed by atoms with van der Waals surface area (Å²) in [6.07, 6.45) is 15.9. The van der Waals surface area contributed by atoms with Gasteiger partial charge in [0.15, 0.2) is 0 Å². The molecule has 0 spiro atoms. The average molecular weight is 200 g/mol.